The Morgan fingerprint density at radius 1 is 0.852 bits per heavy atom. The molecule has 2 heterocycles. The second-order valence-electron chi connectivity index (χ2n) is 6.64. The summed E-state index contributed by atoms with van der Waals surface area (Å²) in [6, 6.07) is 20.1. The van der Waals surface area contributed by atoms with E-state index in [-0.39, 0.29) is 0 Å². The van der Waals surface area contributed by atoms with Crippen molar-refractivity contribution in [1.29, 1.82) is 0 Å². The van der Waals surface area contributed by atoms with E-state index in [1.54, 1.807) is 0 Å². The zero-order chi connectivity index (χ0) is 18.6. The lowest BCUT2D eigenvalue weighted by Crippen LogP contribution is -2.47. The van der Waals surface area contributed by atoms with Gasteiger partial charge in [0.1, 0.15) is 5.82 Å². The number of hydrogen-bond donors (Lipinski definition) is 1. The Morgan fingerprint density at radius 3 is 2.22 bits per heavy atom. The molecule has 5 nitrogen and oxygen atoms in total. The third kappa shape index (κ3) is 4.31. The van der Waals surface area contributed by atoms with Gasteiger partial charge in [0.05, 0.1) is 0 Å². The number of nitrogens with one attached hydrogen (secondary N) is 1. The highest BCUT2D eigenvalue weighted by atomic mass is 35.5. The molecule has 1 aliphatic rings. The molecule has 0 spiro atoms. The fourth-order valence-electron chi connectivity index (χ4n) is 3.24. The maximum Gasteiger partial charge on any atom is 0.227 e. The third-order valence-corrected chi connectivity index (χ3v) is 4.89. The Hall–Kier alpha value is -2.79. The van der Waals surface area contributed by atoms with Gasteiger partial charge in [-0.3, -0.25) is 0 Å². The van der Waals surface area contributed by atoms with Crippen molar-refractivity contribution in [2.24, 2.45) is 0 Å². The van der Waals surface area contributed by atoms with Crippen LogP contribution in [0.5, 0.6) is 0 Å². The lowest BCUT2D eigenvalue weighted by molar-refractivity contribution is 0.639. The van der Waals surface area contributed by atoms with Gasteiger partial charge in [0.15, 0.2) is 0 Å². The van der Waals surface area contributed by atoms with Crippen molar-refractivity contribution in [2.45, 2.75) is 6.92 Å². The number of piperazine rings is 1. The molecule has 0 unspecified atom stereocenters. The first-order chi connectivity index (χ1) is 13.2. The van der Waals surface area contributed by atoms with Gasteiger partial charge < -0.3 is 15.1 Å². The van der Waals surface area contributed by atoms with E-state index in [1.165, 1.54) is 5.69 Å². The molecule has 27 heavy (non-hydrogen) atoms. The molecule has 2 aromatic carbocycles. The summed E-state index contributed by atoms with van der Waals surface area (Å²) in [6.45, 7) is 5.72. The third-order valence-electron chi connectivity index (χ3n) is 4.64. The van der Waals surface area contributed by atoms with E-state index in [0.29, 0.717) is 0 Å². The standard InChI is InChI=1S/C21H22ClN5/c1-16-15-20(24-18-9-7-17(22)8-10-18)25-21(23-16)27-13-11-26(12-14-27)19-5-3-2-4-6-19/h2-10,15H,11-14H2,1H3,(H,23,24,25). The van der Waals surface area contributed by atoms with Gasteiger partial charge in [0, 0.05) is 54.3 Å². The highest BCUT2D eigenvalue weighted by molar-refractivity contribution is 6.30. The number of aryl methyl sites for hydroxylation is 1. The van der Waals surface area contributed by atoms with Crippen LogP contribution in [-0.2, 0) is 0 Å². The first-order valence-corrected chi connectivity index (χ1v) is 9.48. The molecule has 1 aromatic heterocycles. The van der Waals surface area contributed by atoms with Crippen LogP contribution in [0.4, 0.5) is 23.1 Å². The summed E-state index contributed by atoms with van der Waals surface area (Å²) in [6.07, 6.45) is 0. The SMILES string of the molecule is Cc1cc(Nc2ccc(Cl)cc2)nc(N2CCN(c3ccccc3)CC2)n1. The van der Waals surface area contributed by atoms with E-state index in [2.05, 4.69) is 50.4 Å². The Labute approximate surface area is 164 Å². The second-order valence-corrected chi connectivity index (χ2v) is 7.07. The first kappa shape index (κ1) is 17.6. The maximum atomic E-state index is 5.96. The highest BCUT2D eigenvalue weighted by Gasteiger charge is 2.20. The largest absolute Gasteiger partial charge is 0.368 e. The summed E-state index contributed by atoms with van der Waals surface area (Å²) in [7, 11) is 0. The fraction of sp³-hybridized carbons (Fsp3) is 0.238. The van der Waals surface area contributed by atoms with E-state index in [9.17, 15) is 0 Å². The van der Waals surface area contributed by atoms with Gasteiger partial charge in [0.2, 0.25) is 5.95 Å². The number of hydrogen-bond acceptors (Lipinski definition) is 5. The molecule has 0 atom stereocenters. The average molecular weight is 380 g/mol. The Balaban J connectivity index is 1.46. The van der Waals surface area contributed by atoms with Crippen LogP contribution in [0.2, 0.25) is 5.02 Å². The summed E-state index contributed by atoms with van der Waals surface area (Å²) in [5.41, 5.74) is 3.17. The van der Waals surface area contributed by atoms with Gasteiger partial charge in [-0.1, -0.05) is 29.8 Å². The number of halogens is 1. The molecule has 4 rings (SSSR count). The minimum atomic E-state index is 0.719. The van der Waals surface area contributed by atoms with E-state index in [1.807, 2.05) is 37.3 Å². The molecule has 1 N–H and O–H groups in total. The Bertz CT molecular complexity index is 890. The number of rotatable bonds is 4. The van der Waals surface area contributed by atoms with Gasteiger partial charge in [0.25, 0.3) is 0 Å². The van der Waals surface area contributed by atoms with E-state index in [0.717, 1.165) is 54.3 Å². The van der Waals surface area contributed by atoms with E-state index >= 15 is 0 Å². The van der Waals surface area contributed by atoms with Gasteiger partial charge >= 0.3 is 0 Å². The zero-order valence-corrected chi connectivity index (χ0v) is 16.0. The minimum Gasteiger partial charge on any atom is -0.368 e. The van der Waals surface area contributed by atoms with E-state index in [4.69, 9.17) is 16.6 Å². The minimum absolute atomic E-state index is 0.719. The molecular formula is C21H22ClN5. The van der Waals surface area contributed by atoms with Crippen LogP contribution in [0.15, 0.2) is 60.7 Å². The second kappa shape index (κ2) is 7.84. The molecular weight excluding hydrogens is 358 g/mol. The number of anilines is 4. The van der Waals surface area contributed by atoms with Crippen molar-refractivity contribution in [3.8, 4) is 0 Å². The monoisotopic (exact) mass is 379 g/mol. The number of nitrogens with zero attached hydrogens (tertiary/aromatic N) is 4. The lowest BCUT2D eigenvalue weighted by atomic mass is 10.2. The van der Waals surface area contributed by atoms with Crippen LogP contribution in [0, 0.1) is 6.92 Å². The Kier molecular flexibility index (Phi) is 5.12. The summed E-state index contributed by atoms with van der Waals surface area (Å²) in [4.78, 5) is 14.0. The van der Waals surface area contributed by atoms with Crippen molar-refractivity contribution < 1.29 is 0 Å². The smallest absolute Gasteiger partial charge is 0.227 e. The molecule has 1 fully saturated rings. The van der Waals surface area contributed by atoms with Crippen LogP contribution < -0.4 is 15.1 Å². The van der Waals surface area contributed by atoms with E-state index < -0.39 is 0 Å². The summed E-state index contributed by atoms with van der Waals surface area (Å²) in [5, 5.41) is 4.06. The number of para-hydroxylation sites is 1. The van der Waals surface area contributed by atoms with Crippen molar-refractivity contribution >= 4 is 34.7 Å². The molecule has 6 heteroatoms. The van der Waals surface area contributed by atoms with Crippen molar-refractivity contribution in [2.75, 3.05) is 41.3 Å². The summed E-state index contributed by atoms with van der Waals surface area (Å²) < 4.78 is 0. The molecule has 3 aromatic rings. The maximum absolute atomic E-state index is 5.96. The molecule has 138 valence electrons. The number of aromatic nitrogens is 2. The quantitative estimate of drug-likeness (QED) is 0.722. The molecule has 1 saturated heterocycles. The molecule has 0 amide bonds. The van der Waals surface area contributed by atoms with Crippen LogP contribution in [0.1, 0.15) is 5.69 Å². The lowest BCUT2D eigenvalue weighted by Gasteiger charge is -2.36. The molecule has 0 aliphatic carbocycles. The summed E-state index contributed by atoms with van der Waals surface area (Å²) in [5.74, 6) is 1.57. The summed E-state index contributed by atoms with van der Waals surface area (Å²) >= 11 is 5.96. The highest BCUT2D eigenvalue weighted by Crippen LogP contribution is 2.22. The number of benzene rings is 2. The molecule has 1 aliphatic heterocycles. The van der Waals surface area contributed by atoms with Gasteiger partial charge in [-0.2, -0.15) is 4.98 Å². The fourth-order valence-corrected chi connectivity index (χ4v) is 3.37. The Morgan fingerprint density at radius 2 is 1.52 bits per heavy atom. The van der Waals surface area contributed by atoms with Crippen molar-refractivity contribution in [3.05, 3.63) is 71.4 Å². The zero-order valence-electron chi connectivity index (χ0n) is 15.3. The molecule has 0 saturated carbocycles. The normalized spacial score (nSPS) is 14.3. The predicted octanol–water partition coefficient (Wildman–Crippen LogP) is 4.51. The van der Waals surface area contributed by atoms with Gasteiger partial charge in [-0.05, 0) is 43.3 Å². The average Bonchev–Trinajstić information content (AvgIpc) is 2.70. The predicted molar refractivity (Wildman–Crippen MR) is 112 cm³/mol. The van der Waals surface area contributed by atoms with Crippen LogP contribution in [0.25, 0.3) is 0 Å². The van der Waals surface area contributed by atoms with Gasteiger partial charge in [-0.15, -0.1) is 0 Å². The molecule has 0 bridgehead atoms. The van der Waals surface area contributed by atoms with Gasteiger partial charge in [-0.25, -0.2) is 4.98 Å². The van der Waals surface area contributed by atoms with Crippen molar-refractivity contribution in [1.82, 2.24) is 9.97 Å². The van der Waals surface area contributed by atoms with Crippen LogP contribution in [-0.4, -0.2) is 36.1 Å². The van der Waals surface area contributed by atoms with Crippen LogP contribution >= 0.6 is 11.6 Å². The molecule has 0 radical (unpaired) electrons. The topological polar surface area (TPSA) is 44.3 Å². The van der Waals surface area contributed by atoms with Crippen molar-refractivity contribution in [3.63, 3.8) is 0 Å². The first-order valence-electron chi connectivity index (χ1n) is 9.10. The van der Waals surface area contributed by atoms with Crippen LogP contribution in [0.3, 0.4) is 0 Å².